The first-order chi connectivity index (χ1) is 17.5. The summed E-state index contributed by atoms with van der Waals surface area (Å²) in [4.78, 5) is 26.7. The summed E-state index contributed by atoms with van der Waals surface area (Å²) in [5.74, 6) is -0.587. The van der Waals surface area contributed by atoms with Gasteiger partial charge in [-0.1, -0.05) is 78.9 Å². The van der Waals surface area contributed by atoms with Crippen LogP contribution in [-0.4, -0.2) is 43.1 Å². The van der Waals surface area contributed by atoms with Gasteiger partial charge in [0.25, 0.3) is 0 Å². The number of hydrogen-bond acceptors (Lipinski definition) is 6. The van der Waals surface area contributed by atoms with Gasteiger partial charge in [-0.2, -0.15) is 4.68 Å². The molecule has 0 amide bonds. The first-order valence-corrected chi connectivity index (χ1v) is 11.4. The van der Waals surface area contributed by atoms with Crippen LogP contribution in [0.4, 0.5) is 0 Å². The van der Waals surface area contributed by atoms with Gasteiger partial charge in [0, 0.05) is 18.0 Å². The van der Waals surface area contributed by atoms with Crippen molar-refractivity contribution in [2.75, 3.05) is 6.61 Å². The highest BCUT2D eigenvalue weighted by molar-refractivity contribution is 6.18. The van der Waals surface area contributed by atoms with E-state index in [1.54, 1.807) is 13.0 Å². The Morgan fingerprint density at radius 2 is 1.58 bits per heavy atom. The number of Topliss-reactive ketones (excluding diaryl/α,β-unsaturated/α-hetero) is 1. The van der Waals surface area contributed by atoms with E-state index in [4.69, 9.17) is 4.74 Å². The lowest BCUT2D eigenvalue weighted by Crippen LogP contribution is -2.19. The molecule has 0 aliphatic carbocycles. The molecule has 0 saturated heterocycles. The quantitative estimate of drug-likeness (QED) is 0.194. The standard InChI is InChI=1S/C28H23N5O3/c1-19-29-30-31-33(19)24(17-20-11-5-3-6-12-20)28(35)36-18-25(34)26-22-15-9-10-16-23(22)32(2)27(26)21-13-7-4-8-14-21/h3-17H,18H2,1-2H3/b24-17-. The van der Waals surface area contributed by atoms with E-state index < -0.39 is 12.6 Å². The zero-order valence-corrected chi connectivity index (χ0v) is 19.8. The van der Waals surface area contributed by atoms with Gasteiger partial charge < -0.3 is 9.30 Å². The highest BCUT2D eigenvalue weighted by Crippen LogP contribution is 2.33. The molecule has 0 bridgehead atoms. The zero-order chi connectivity index (χ0) is 25.1. The second kappa shape index (κ2) is 9.79. The van der Waals surface area contributed by atoms with Crippen LogP contribution < -0.4 is 0 Å². The summed E-state index contributed by atoms with van der Waals surface area (Å²) in [6.45, 7) is 1.25. The van der Waals surface area contributed by atoms with Crippen LogP contribution in [-0.2, 0) is 16.6 Å². The highest BCUT2D eigenvalue weighted by atomic mass is 16.5. The number of carbonyl (C=O) groups is 2. The van der Waals surface area contributed by atoms with Crippen LogP contribution in [0, 0.1) is 6.92 Å². The number of nitrogens with zero attached hydrogens (tertiary/aromatic N) is 5. The monoisotopic (exact) mass is 477 g/mol. The summed E-state index contributed by atoms with van der Waals surface area (Å²) in [6, 6.07) is 26.7. The lowest BCUT2D eigenvalue weighted by molar-refractivity contribution is -0.136. The fourth-order valence-electron chi connectivity index (χ4n) is 4.25. The molecule has 5 aromatic rings. The summed E-state index contributed by atoms with van der Waals surface area (Å²) < 4.78 is 8.83. The summed E-state index contributed by atoms with van der Waals surface area (Å²) >= 11 is 0. The minimum Gasteiger partial charge on any atom is -0.453 e. The number of aryl methyl sites for hydroxylation is 2. The third-order valence-electron chi connectivity index (χ3n) is 5.93. The van der Waals surface area contributed by atoms with Gasteiger partial charge in [0.15, 0.2) is 18.1 Å². The van der Waals surface area contributed by atoms with Crippen LogP contribution in [0.1, 0.15) is 21.7 Å². The Labute approximate surface area is 207 Å². The Morgan fingerprint density at radius 1 is 0.917 bits per heavy atom. The van der Waals surface area contributed by atoms with Crippen molar-refractivity contribution in [3.05, 3.63) is 102 Å². The van der Waals surface area contributed by atoms with Crippen molar-refractivity contribution in [1.29, 1.82) is 0 Å². The Morgan fingerprint density at radius 3 is 2.28 bits per heavy atom. The molecule has 3 aromatic carbocycles. The molecule has 0 spiro atoms. The molecule has 0 fully saturated rings. The Kier molecular flexibility index (Phi) is 6.23. The average Bonchev–Trinajstić information content (AvgIpc) is 3.47. The topological polar surface area (TPSA) is 91.9 Å². The zero-order valence-electron chi connectivity index (χ0n) is 19.8. The van der Waals surface area contributed by atoms with Crippen molar-refractivity contribution in [3.8, 4) is 11.3 Å². The van der Waals surface area contributed by atoms with Gasteiger partial charge in [-0.05, 0) is 40.6 Å². The second-order valence-corrected chi connectivity index (χ2v) is 8.24. The van der Waals surface area contributed by atoms with Crippen molar-refractivity contribution in [1.82, 2.24) is 24.8 Å². The molecule has 2 heterocycles. The van der Waals surface area contributed by atoms with Crippen molar-refractivity contribution < 1.29 is 14.3 Å². The van der Waals surface area contributed by atoms with Crippen LogP contribution in [0.25, 0.3) is 33.9 Å². The number of ether oxygens (including phenoxy) is 1. The Hall–Kier alpha value is -4.85. The van der Waals surface area contributed by atoms with E-state index in [9.17, 15) is 9.59 Å². The number of para-hydroxylation sites is 1. The van der Waals surface area contributed by atoms with E-state index in [2.05, 4.69) is 15.5 Å². The summed E-state index contributed by atoms with van der Waals surface area (Å²) in [5, 5.41) is 12.2. The number of fused-ring (bicyclic) bond motifs is 1. The normalized spacial score (nSPS) is 11.6. The predicted octanol–water partition coefficient (Wildman–Crippen LogP) is 4.56. The van der Waals surface area contributed by atoms with Gasteiger partial charge in [-0.25, -0.2) is 4.79 Å². The van der Waals surface area contributed by atoms with Crippen molar-refractivity contribution in [3.63, 3.8) is 0 Å². The maximum absolute atomic E-state index is 13.5. The van der Waals surface area contributed by atoms with Gasteiger partial charge in [0.05, 0.1) is 11.3 Å². The minimum atomic E-state index is -0.705. The maximum Gasteiger partial charge on any atom is 0.357 e. The average molecular weight is 478 g/mol. The number of aromatic nitrogens is 5. The molecule has 8 nitrogen and oxygen atoms in total. The number of tetrazole rings is 1. The maximum atomic E-state index is 13.5. The third-order valence-corrected chi connectivity index (χ3v) is 5.93. The molecule has 36 heavy (non-hydrogen) atoms. The number of hydrogen-bond donors (Lipinski definition) is 0. The van der Waals surface area contributed by atoms with Crippen LogP contribution in [0.5, 0.6) is 0 Å². The molecule has 178 valence electrons. The van der Waals surface area contributed by atoms with Crippen LogP contribution in [0.3, 0.4) is 0 Å². The number of esters is 1. The largest absolute Gasteiger partial charge is 0.453 e. The van der Waals surface area contributed by atoms with Gasteiger partial charge in [-0.15, -0.1) is 5.10 Å². The van der Waals surface area contributed by atoms with E-state index in [0.717, 1.165) is 27.7 Å². The molecule has 2 aromatic heterocycles. The Bertz CT molecular complexity index is 1580. The number of ketones is 1. The van der Waals surface area contributed by atoms with Crippen LogP contribution in [0.2, 0.25) is 0 Å². The molecule has 0 aliphatic heterocycles. The molecule has 0 atom stereocenters. The summed E-state index contributed by atoms with van der Waals surface area (Å²) in [6.07, 6.45) is 1.63. The van der Waals surface area contributed by atoms with E-state index in [-0.39, 0.29) is 11.5 Å². The smallest absolute Gasteiger partial charge is 0.357 e. The minimum absolute atomic E-state index is 0.109. The second-order valence-electron chi connectivity index (χ2n) is 8.24. The molecule has 5 rings (SSSR count). The predicted molar refractivity (Wildman–Crippen MR) is 137 cm³/mol. The summed E-state index contributed by atoms with van der Waals surface area (Å²) in [7, 11) is 1.93. The first-order valence-electron chi connectivity index (χ1n) is 11.4. The van der Waals surface area contributed by atoms with Crippen LogP contribution >= 0.6 is 0 Å². The SMILES string of the molecule is Cc1nnnn1/C(=C\c1ccccc1)C(=O)OCC(=O)c1c(-c2ccccc2)n(C)c2ccccc12. The highest BCUT2D eigenvalue weighted by Gasteiger charge is 2.24. The molecule has 8 heteroatoms. The third kappa shape index (κ3) is 4.32. The number of rotatable bonds is 7. The molecule has 0 N–H and O–H groups in total. The first kappa shape index (κ1) is 22.9. The van der Waals surface area contributed by atoms with E-state index >= 15 is 0 Å². The van der Waals surface area contributed by atoms with E-state index in [0.29, 0.717) is 11.4 Å². The molecule has 0 saturated carbocycles. The molecule has 0 aliphatic rings. The van der Waals surface area contributed by atoms with Crippen molar-refractivity contribution >= 4 is 34.4 Å². The van der Waals surface area contributed by atoms with E-state index in [1.807, 2.05) is 96.5 Å². The molecule has 0 unspecified atom stereocenters. The van der Waals surface area contributed by atoms with Crippen LogP contribution in [0.15, 0.2) is 84.9 Å². The Balaban J connectivity index is 1.48. The van der Waals surface area contributed by atoms with Gasteiger partial charge in [0.2, 0.25) is 5.78 Å². The van der Waals surface area contributed by atoms with Crippen molar-refractivity contribution in [2.24, 2.45) is 7.05 Å². The van der Waals surface area contributed by atoms with Crippen molar-refractivity contribution in [2.45, 2.75) is 6.92 Å². The molecular formula is C28H23N5O3. The van der Waals surface area contributed by atoms with E-state index in [1.165, 1.54) is 4.68 Å². The fraction of sp³-hybridized carbons (Fsp3) is 0.107. The lowest BCUT2D eigenvalue weighted by Gasteiger charge is -2.10. The lowest BCUT2D eigenvalue weighted by atomic mass is 10.0. The fourth-order valence-corrected chi connectivity index (χ4v) is 4.25. The number of carbonyl (C=O) groups excluding carboxylic acids is 2. The molecule has 0 radical (unpaired) electrons. The van der Waals surface area contributed by atoms with Gasteiger partial charge >= 0.3 is 5.97 Å². The molecular weight excluding hydrogens is 454 g/mol. The van der Waals surface area contributed by atoms with Gasteiger partial charge in [-0.3, -0.25) is 4.79 Å². The number of benzene rings is 3. The summed E-state index contributed by atoms with van der Waals surface area (Å²) in [5.41, 5.74) is 3.98. The van der Waals surface area contributed by atoms with Gasteiger partial charge in [0.1, 0.15) is 0 Å².